The molecule has 0 bridgehead atoms. The van der Waals surface area contributed by atoms with Crippen molar-refractivity contribution < 1.29 is 9.90 Å². The fourth-order valence-corrected chi connectivity index (χ4v) is 3.91. The molecule has 1 aromatic carbocycles. The van der Waals surface area contributed by atoms with Crippen molar-refractivity contribution in [2.24, 2.45) is 16.5 Å². The van der Waals surface area contributed by atoms with Crippen LogP contribution in [0, 0.1) is 6.92 Å². The predicted molar refractivity (Wildman–Crippen MR) is 92.2 cm³/mol. The molecule has 0 fully saturated rings. The summed E-state index contributed by atoms with van der Waals surface area (Å²) in [5.41, 5.74) is 14.8. The van der Waals surface area contributed by atoms with Gasteiger partial charge in [0.15, 0.2) is 5.96 Å². The summed E-state index contributed by atoms with van der Waals surface area (Å²) < 4.78 is 0. The van der Waals surface area contributed by atoms with Gasteiger partial charge in [-0.05, 0) is 43.2 Å². The van der Waals surface area contributed by atoms with Gasteiger partial charge in [-0.15, -0.1) is 0 Å². The minimum Gasteiger partial charge on any atom is -0.483 e. The topological polar surface area (TPSA) is 115 Å². The molecule has 1 aromatic heterocycles. The number of aliphatic imine (C=N–C) groups is 1. The van der Waals surface area contributed by atoms with E-state index in [0.717, 1.165) is 19.3 Å². The van der Waals surface area contributed by atoms with Crippen molar-refractivity contribution >= 4 is 28.9 Å². The number of guanidine groups is 1. The third-order valence-corrected chi connectivity index (χ3v) is 4.80. The Balaban J connectivity index is 0.000000595. The van der Waals surface area contributed by atoms with E-state index in [1.807, 2.05) is 0 Å². The third-order valence-electron chi connectivity index (χ3n) is 3.78. The lowest BCUT2D eigenvalue weighted by Crippen LogP contribution is -2.21. The molecule has 1 heterocycles. The van der Waals surface area contributed by atoms with Crippen molar-refractivity contribution in [1.82, 2.24) is 4.98 Å². The van der Waals surface area contributed by atoms with Gasteiger partial charge in [-0.25, -0.2) is 4.98 Å². The lowest BCUT2D eigenvalue weighted by atomic mass is 9.83. The number of nitrogens with two attached hydrogens (primary N) is 2. The zero-order valence-electron chi connectivity index (χ0n) is 12.9. The number of hydrogen-bond donors (Lipinski definition) is 3. The molecule has 0 aliphatic heterocycles. The molecule has 1 aliphatic rings. The Morgan fingerprint density at radius 2 is 2.13 bits per heavy atom. The molecule has 0 radical (unpaired) electrons. The highest BCUT2D eigenvalue weighted by molar-refractivity contribution is 7.15. The number of fused-ring (bicyclic) bond motifs is 1. The van der Waals surface area contributed by atoms with E-state index in [0.29, 0.717) is 11.0 Å². The number of nitrogens with zero attached hydrogens (tertiary/aromatic N) is 2. The van der Waals surface area contributed by atoms with Crippen LogP contribution in [-0.2, 0) is 17.6 Å². The second kappa shape index (κ2) is 7.73. The van der Waals surface area contributed by atoms with Gasteiger partial charge in [-0.2, -0.15) is 4.99 Å². The summed E-state index contributed by atoms with van der Waals surface area (Å²) in [6.07, 6.45) is 3.19. The largest absolute Gasteiger partial charge is 0.483 e. The van der Waals surface area contributed by atoms with Crippen molar-refractivity contribution in [3.8, 4) is 0 Å². The number of aryl methyl sites for hydroxylation is 2. The number of aromatic nitrogens is 1. The molecule has 0 spiro atoms. The summed E-state index contributed by atoms with van der Waals surface area (Å²) in [6.45, 7) is 1.93. The molecule has 0 amide bonds. The molecular weight excluding hydrogens is 312 g/mol. The molecular formula is C16H20N4O2S. The molecule has 0 saturated carbocycles. The second-order valence-electron chi connectivity index (χ2n) is 5.30. The highest BCUT2D eigenvalue weighted by atomic mass is 32.1. The van der Waals surface area contributed by atoms with Gasteiger partial charge in [0.05, 0.1) is 5.69 Å². The van der Waals surface area contributed by atoms with Crippen molar-refractivity contribution in [3.63, 3.8) is 0 Å². The molecule has 3 rings (SSSR count). The number of rotatable bonds is 2. The first kappa shape index (κ1) is 17.0. The van der Waals surface area contributed by atoms with Crippen LogP contribution in [0.2, 0.25) is 0 Å². The van der Waals surface area contributed by atoms with E-state index in [-0.39, 0.29) is 12.4 Å². The molecule has 1 aliphatic carbocycles. The van der Waals surface area contributed by atoms with E-state index in [1.165, 1.54) is 21.7 Å². The maximum atomic E-state index is 8.36. The Labute approximate surface area is 138 Å². The van der Waals surface area contributed by atoms with Gasteiger partial charge < -0.3 is 16.6 Å². The molecule has 23 heavy (non-hydrogen) atoms. The van der Waals surface area contributed by atoms with Crippen LogP contribution in [0.25, 0.3) is 0 Å². The molecule has 1 atom stereocenters. The standard InChI is InChI=1S/C15H18N4S.CH2O2/c1-9-4-2-3-5-11(9)10-6-7-12-13(8-10)20-15(18-12)19-14(16)17;2-1-3/h2-5,10H,6-8H2,1H3,(H4,16,17,18,19);1H,(H,2,3)/t10-;/m1./s1. The fourth-order valence-electron chi connectivity index (χ4n) is 2.83. The first-order valence-corrected chi connectivity index (χ1v) is 8.08. The van der Waals surface area contributed by atoms with Crippen LogP contribution < -0.4 is 11.5 Å². The lowest BCUT2D eigenvalue weighted by molar-refractivity contribution is -0.122. The zero-order chi connectivity index (χ0) is 16.8. The highest BCUT2D eigenvalue weighted by Gasteiger charge is 2.24. The van der Waals surface area contributed by atoms with Gasteiger partial charge >= 0.3 is 0 Å². The summed E-state index contributed by atoms with van der Waals surface area (Å²) in [7, 11) is 0. The van der Waals surface area contributed by atoms with E-state index in [4.69, 9.17) is 21.4 Å². The quantitative estimate of drug-likeness (QED) is 0.443. The van der Waals surface area contributed by atoms with Crippen molar-refractivity contribution in [1.29, 1.82) is 0 Å². The molecule has 0 unspecified atom stereocenters. The molecule has 122 valence electrons. The Hall–Kier alpha value is -2.41. The Morgan fingerprint density at radius 3 is 2.78 bits per heavy atom. The second-order valence-corrected chi connectivity index (χ2v) is 6.37. The van der Waals surface area contributed by atoms with Gasteiger partial charge in [0.25, 0.3) is 6.47 Å². The minimum atomic E-state index is -0.250. The van der Waals surface area contributed by atoms with E-state index < -0.39 is 0 Å². The van der Waals surface area contributed by atoms with E-state index in [9.17, 15) is 0 Å². The van der Waals surface area contributed by atoms with Crippen LogP contribution in [0.5, 0.6) is 0 Å². The van der Waals surface area contributed by atoms with E-state index >= 15 is 0 Å². The summed E-state index contributed by atoms with van der Waals surface area (Å²) in [6, 6.07) is 8.64. The van der Waals surface area contributed by atoms with Crippen LogP contribution in [0.15, 0.2) is 29.3 Å². The normalized spacial score (nSPS) is 15.8. The number of benzene rings is 1. The average molecular weight is 332 g/mol. The number of thiazole rings is 1. The van der Waals surface area contributed by atoms with Crippen molar-refractivity contribution in [2.45, 2.75) is 32.1 Å². The van der Waals surface area contributed by atoms with Crippen LogP contribution >= 0.6 is 11.3 Å². The smallest absolute Gasteiger partial charge is 0.290 e. The van der Waals surface area contributed by atoms with Gasteiger partial charge in [0, 0.05) is 4.88 Å². The lowest BCUT2D eigenvalue weighted by Gasteiger charge is -2.22. The monoisotopic (exact) mass is 332 g/mol. The molecule has 5 N–H and O–H groups in total. The van der Waals surface area contributed by atoms with Gasteiger partial charge in [0.1, 0.15) is 0 Å². The van der Waals surface area contributed by atoms with Gasteiger partial charge in [0.2, 0.25) is 5.13 Å². The maximum absolute atomic E-state index is 8.36. The van der Waals surface area contributed by atoms with Gasteiger partial charge in [-0.3, -0.25) is 4.79 Å². The summed E-state index contributed by atoms with van der Waals surface area (Å²) >= 11 is 1.61. The highest BCUT2D eigenvalue weighted by Crippen LogP contribution is 2.38. The number of carbonyl (C=O) groups is 1. The maximum Gasteiger partial charge on any atom is 0.290 e. The first-order valence-electron chi connectivity index (χ1n) is 7.26. The Kier molecular flexibility index (Phi) is 5.70. The average Bonchev–Trinajstić information content (AvgIpc) is 2.88. The van der Waals surface area contributed by atoms with Crippen molar-refractivity contribution in [3.05, 3.63) is 46.0 Å². The molecule has 7 heteroatoms. The predicted octanol–water partition coefficient (Wildman–Crippen LogP) is 2.33. The van der Waals surface area contributed by atoms with Gasteiger partial charge in [-0.1, -0.05) is 35.6 Å². The van der Waals surface area contributed by atoms with Crippen molar-refractivity contribution in [2.75, 3.05) is 0 Å². The first-order chi connectivity index (χ1) is 11.0. The minimum absolute atomic E-state index is 0.0755. The van der Waals surface area contributed by atoms with Crippen LogP contribution in [0.3, 0.4) is 0 Å². The summed E-state index contributed by atoms with van der Waals surface area (Å²) in [5, 5.41) is 7.57. The SMILES string of the molecule is Cc1ccccc1[C@@H]1CCc2nc(N=C(N)N)sc2C1.O=CO. The molecule has 2 aromatic rings. The van der Waals surface area contributed by atoms with Crippen LogP contribution in [-0.4, -0.2) is 22.5 Å². The Morgan fingerprint density at radius 1 is 1.43 bits per heavy atom. The fraction of sp³-hybridized carbons (Fsp3) is 0.312. The summed E-state index contributed by atoms with van der Waals surface area (Å²) in [5.74, 6) is 0.655. The third kappa shape index (κ3) is 4.29. The Bertz CT molecular complexity index is 708. The zero-order valence-corrected chi connectivity index (χ0v) is 13.7. The van der Waals surface area contributed by atoms with Crippen LogP contribution in [0.1, 0.15) is 34.0 Å². The van der Waals surface area contributed by atoms with E-state index in [1.54, 1.807) is 11.3 Å². The molecule has 6 nitrogen and oxygen atoms in total. The number of hydrogen-bond acceptors (Lipinski definition) is 4. The number of carboxylic acid groups (broad SMARTS) is 1. The molecule has 0 saturated heterocycles. The van der Waals surface area contributed by atoms with E-state index in [2.05, 4.69) is 41.2 Å². The van der Waals surface area contributed by atoms with Crippen LogP contribution in [0.4, 0.5) is 5.13 Å². The summed E-state index contributed by atoms with van der Waals surface area (Å²) in [4.78, 5) is 18.3.